The Labute approximate surface area is 119 Å². The van der Waals surface area contributed by atoms with E-state index in [0.717, 1.165) is 29.0 Å². The van der Waals surface area contributed by atoms with E-state index in [-0.39, 0.29) is 5.78 Å². The summed E-state index contributed by atoms with van der Waals surface area (Å²) in [6, 6.07) is 7.77. The Hall–Kier alpha value is -1.22. The van der Waals surface area contributed by atoms with Crippen molar-refractivity contribution in [2.75, 3.05) is 0 Å². The number of rotatable bonds is 6. The van der Waals surface area contributed by atoms with E-state index in [0.29, 0.717) is 0 Å². The molecule has 2 nitrogen and oxygen atoms in total. The van der Waals surface area contributed by atoms with E-state index in [9.17, 15) is 4.79 Å². The van der Waals surface area contributed by atoms with Gasteiger partial charge in [0.1, 0.15) is 0 Å². The van der Waals surface area contributed by atoms with E-state index in [1.54, 1.807) is 18.0 Å². The Morgan fingerprint density at radius 1 is 1.11 bits per heavy atom. The number of unbranched alkanes of at least 4 members (excludes halogenated alkanes) is 4. The minimum absolute atomic E-state index is 0.122. The molecule has 1 aliphatic heterocycles. The van der Waals surface area contributed by atoms with Gasteiger partial charge in [-0.3, -0.25) is 4.79 Å². The second-order valence-corrected chi connectivity index (χ2v) is 5.75. The predicted molar refractivity (Wildman–Crippen MR) is 81.2 cm³/mol. The van der Waals surface area contributed by atoms with Gasteiger partial charge in [0.2, 0.25) is 0 Å². The molecule has 0 aliphatic carbocycles. The summed E-state index contributed by atoms with van der Waals surface area (Å²) in [4.78, 5) is 13.1. The van der Waals surface area contributed by atoms with Crippen molar-refractivity contribution in [1.82, 2.24) is 4.72 Å². The third-order valence-corrected chi connectivity index (χ3v) is 4.24. The molecule has 0 aromatic heterocycles. The molecule has 1 heterocycles. The molecule has 1 N–H and O–H groups in total. The summed E-state index contributed by atoms with van der Waals surface area (Å²) in [5.41, 5.74) is 1.86. The number of allylic oxidation sites excluding steroid dienone is 2. The van der Waals surface area contributed by atoms with Crippen LogP contribution in [0.25, 0.3) is 0 Å². The fourth-order valence-electron chi connectivity index (χ4n) is 2.19. The van der Waals surface area contributed by atoms with Gasteiger partial charge < -0.3 is 4.72 Å². The molecule has 0 atom stereocenters. The first-order chi connectivity index (χ1) is 9.31. The number of carbonyl (C=O) groups excluding carboxylic acids is 1. The topological polar surface area (TPSA) is 29.1 Å². The molecule has 1 aromatic rings. The standard InChI is InChI=1S/C16H21NOS/c1-2-3-4-5-6-9-13-12-15(18)14-10-7-8-11-16(14)19-17-13/h7-8,10-12,17H,2-6,9H2,1H3. The lowest BCUT2D eigenvalue weighted by atomic mass is 10.1. The molecule has 2 rings (SSSR count). The summed E-state index contributed by atoms with van der Waals surface area (Å²) in [6.07, 6.45) is 9.01. The number of benzene rings is 1. The van der Waals surface area contributed by atoms with E-state index in [2.05, 4.69) is 11.6 Å². The fourth-order valence-corrected chi connectivity index (χ4v) is 3.01. The number of nitrogens with one attached hydrogen (secondary N) is 1. The SMILES string of the molecule is CCCCCCCC1=CC(=O)c2ccccc2SN1. The van der Waals surface area contributed by atoms with E-state index < -0.39 is 0 Å². The van der Waals surface area contributed by atoms with Crippen LogP contribution in [-0.4, -0.2) is 5.78 Å². The Kier molecular flexibility index (Phi) is 5.52. The van der Waals surface area contributed by atoms with Crippen LogP contribution >= 0.6 is 11.9 Å². The molecule has 0 radical (unpaired) electrons. The van der Waals surface area contributed by atoms with Crippen LogP contribution in [0.2, 0.25) is 0 Å². The van der Waals surface area contributed by atoms with Crippen LogP contribution in [0.3, 0.4) is 0 Å². The van der Waals surface area contributed by atoms with Crippen molar-refractivity contribution in [3.8, 4) is 0 Å². The number of hydrogen-bond donors (Lipinski definition) is 1. The second-order valence-electron chi connectivity index (χ2n) is 4.90. The van der Waals surface area contributed by atoms with Crippen LogP contribution in [0.1, 0.15) is 55.8 Å². The largest absolute Gasteiger partial charge is 0.329 e. The van der Waals surface area contributed by atoms with Crippen molar-refractivity contribution in [3.05, 3.63) is 41.6 Å². The average molecular weight is 275 g/mol. The van der Waals surface area contributed by atoms with Crippen molar-refractivity contribution in [3.63, 3.8) is 0 Å². The highest BCUT2D eigenvalue weighted by Crippen LogP contribution is 2.26. The fraction of sp³-hybridized carbons (Fsp3) is 0.438. The lowest BCUT2D eigenvalue weighted by Gasteiger charge is -2.07. The van der Waals surface area contributed by atoms with Gasteiger partial charge in [-0.05, 0) is 36.9 Å². The van der Waals surface area contributed by atoms with E-state index in [1.165, 1.54) is 25.7 Å². The van der Waals surface area contributed by atoms with Crippen LogP contribution in [0, 0.1) is 0 Å². The number of ketones is 1. The molecule has 3 heteroatoms. The number of carbonyl (C=O) groups is 1. The summed E-state index contributed by atoms with van der Waals surface area (Å²) in [6.45, 7) is 2.22. The first kappa shape index (κ1) is 14.2. The van der Waals surface area contributed by atoms with Gasteiger partial charge >= 0.3 is 0 Å². The van der Waals surface area contributed by atoms with Crippen LogP contribution in [0.5, 0.6) is 0 Å². The highest BCUT2D eigenvalue weighted by Gasteiger charge is 2.14. The average Bonchev–Trinajstić information content (AvgIpc) is 2.59. The molecule has 0 saturated carbocycles. The molecular formula is C16H21NOS. The van der Waals surface area contributed by atoms with Gasteiger partial charge in [0.25, 0.3) is 0 Å². The minimum atomic E-state index is 0.122. The molecule has 0 fully saturated rings. The van der Waals surface area contributed by atoms with Gasteiger partial charge in [0.15, 0.2) is 5.78 Å². The van der Waals surface area contributed by atoms with Crippen molar-refractivity contribution in [2.24, 2.45) is 0 Å². The smallest absolute Gasteiger partial charge is 0.188 e. The van der Waals surface area contributed by atoms with E-state index in [1.807, 2.05) is 24.3 Å². The summed E-state index contributed by atoms with van der Waals surface area (Å²) in [5.74, 6) is 0.122. The molecule has 19 heavy (non-hydrogen) atoms. The zero-order chi connectivity index (χ0) is 13.5. The predicted octanol–water partition coefficient (Wildman–Crippen LogP) is 4.72. The number of hydrogen-bond acceptors (Lipinski definition) is 3. The first-order valence-electron chi connectivity index (χ1n) is 7.08. The molecule has 0 spiro atoms. The maximum absolute atomic E-state index is 12.1. The van der Waals surface area contributed by atoms with Gasteiger partial charge in [0, 0.05) is 22.2 Å². The van der Waals surface area contributed by atoms with Crippen LogP contribution < -0.4 is 4.72 Å². The summed E-state index contributed by atoms with van der Waals surface area (Å²) < 4.78 is 3.32. The third-order valence-electron chi connectivity index (χ3n) is 3.30. The minimum Gasteiger partial charge on any atom is -0.329 e. The molecular weight excluding hydrogens is 254 g/mol. The highest BCUT2D eigenvalue weighted by atomic mass is 32.2. The quantitative estimate of drug-likeness (QED) is 0.601. The monoisotopic (exact) mass is 275 g/mol. The zero-order valence-corrected chi connectivity index (χ0v) is 12.3. The Bertz CT molecular complexity index is 468. The van der Waals surface area contributed by atoms with E-state index in [4.69, 9.17) is 0 Å². The molecule has 0 bridgehead atoms. The van der Waals surface area contributed by atoms with Gasteiger partial charge in [0.05, 0.1) is 0 Å². The molecule has 102 valence electrons. The molecule has 0 unspecified atom stereocenters. The summed E-state index contributed by atoms with van der Waals surface area (Å²) >= 11 is 1.55. The lowest BCUT2D eigenvalue weighted by Crippen LogP contribution is -2.02. The molecule has 0 saturated heterocycles. The lowest BCUT2D eigenvalue weighted by molar-refractivity contribution is 0.104. The Balaban J connectivity index is 1.90. The summed E-state index contributed by atoms with van der Waals surface area (Å²) in [7, 11) is 0. The third kappa shape index (κ3) is 4.13. The Morgan fingerprint density at radius 3 is 2.74 bits per heavy atom. The van der Waals surface area contributed by atoms with Gasteiger partial charge in [-0.1, -0.05) is 44.7 Å². The Morgan fingerprint density at radius 2 is 1.89 bits per heavy atom. The van der Waals surface area contributed by atoms with Crippen LogP contribution in [-0.2, 0) is 0 Å². The van der Waals surface area contributed by atoms with Gasteiger partial charge in [-0.25, -0.2) is 0 Å². The normalized spacial score (nSPS) is 14.4. The molecule has 1 aromatic carbocycles. The second kappa shape index (κ2) is 7.39. The molecule has 1 aliphatic rings. The molecule has 0 amide bonds. The maximum Gasteiger partial charge on any atom is 0.188 e. The van der Waals surface area contributed by atoms with Crippen molar-refractivity contribution in [1.29, 1.82) is 0 Å². The first-order valence-corrected chi connectivity index (χ1v) is 7.89. The zero-order valence-electron chi connectivity index (χ0n) is 11.4. The van der Waals surface area contributed by atoms with E-state index >= 15 is 0 Å². The highest BCUT2D eigenvalue weighted by molar-refractivity contribution is 7.97. The van der Waals surface area contributed by atoms with Crippen molar-refractivity contribution < 1.29 is 4.79 Å². The van der Waals surface area contributed by atoms with Crippen LogP contribution in [0.4, 0.5) is 0 Å². The number of fused-ring (bicyclic) bond motifs is 1. The van der Waals surface area contributed by atoms with Crippen LogP contribution in [0.15, 0.2) is 40.9 Å². The van der Waals surface area contributed by atoms with Crippen molar-refractivity contribution in [2.45, 2.75) is 50.3 Å². The van der Waals surface area contributed by atoms with Gasteiger partial charge in [-0.15, -0.1) is 0 Å². The maximum atomic E-state index is 12.1. The van der Waals surface area contributed by atoms with Crippen molar-refractivity contribution >= 4 is 17.7 Å². The van der Waals surface area contributed by atoms with Gasteiger partial charge in [-0.2, -0.15) is 0 Å². The summed E-state index contributed by atoms with van der Waals surface area (Å²) in [5, 5.41) is 0.